The molecule has 0 aliphatic heterocycles. The second kappa shape index (κ2) is 5.24. The van der Waals surface area contributed by atoms with Gasteiger partial charge in [-0.3, -0.25) is 9.97 Å². The van der Waals surface area contributed by atoms with Gasteiger partial charge in [0.05, 0.1) is 17.1 Å². The number of hydrogen-bond acceptors (Lipinski definition) is 3. The highest BCUT2D eigenvalue weighted by Crippen LogP contribution is 2.24. The number of benzene rings is 1. The summed E-state index contributed by atoms with van der Waals surface area (Å²) in [5.74, 6) is 1.84. The van der Waals surface area contributed by atoms with E-state index in [2.05, 4.69) is 9.97 Å². The van der Waals surface area contributed by atoms with Crippen LogP contribution in [0.1, 0.15) is 5.69 Å². The number of ether oxygens (including phenoxy) is 1. The van der Waals surface area contributed by atoms with Crippen LogP contribution in [0.25, 0.3) is 10.9 Å². The maximum atomic E-state index is 5.79. The van der Waals surface area contributed by atoms with Crippen molar-refractivity contribution in [3.05, 3.63) is 60.6 Å². The van der Waals surface area contributed by atoms with Crippen molar-refractivity contribution in [2.75, 3.05) is 0 Å². The number of halogens is 1. The highest BCUT2D eigenvalue weighted by Gasteiger charge is 2.01. The van der Waals surface area contributed by atoms with E-state index in [0.29, 0.717) is 5.88 Å². The predicted octanol–water partition coefficient (Wildman–Crippen LogP) is 4.16. The molecule has 3 rings (SSSR count). The van der Waals surface area contributed by atoms with Gasteiger partial charge in [-0.2, -0.15) is 0 Å². The molecule has 0 bridgehead atoms. The van der Waals surface area contributed by atoms with Crippen molar-refractivity contribution in [1.82, 2.24) is 9.97 Å². The molecule has 2 aromatic heterocycles. The summed E-state index contributed by atoms with van der Waals surface area (Å²) < 4.78 is 5.79. The molecule has 3 aromatic rings. The van der Waals surface area contributed by atoms with Crippen molar-refractivity contribution in [2.45, 2.75) is 5.88 Å². The summed E-state index contributed by atoms with van der Waals surface area (Å²) in [5, 5.41) is 1.09. The summed E-state index contributed by atoms with van der Waals surface area (Å²) >= 11 is 5.75. The highest BCUT2D eigenvalue weighted by molar-refractivity contribution is 6.16. The van der Waals surface area contributed by atoms with Crippen molar-refractivity contribution in [3.8, 4) is 11.5 Å². The first kappa shape index (κ1) is 11.9. The fourth-order valence-electron chi connectivity index (χ4n) is 1.84. The summed E-state index contributed by atoms with van der Waals surface area (Å²) in [6.45, 7) is 0. The molecule has 0 atom stereocenters. The molecule has 0 unspecified atom stereocenters. The van der Waals surface area contributed by atoms with Gasteiger partial charge in [0.25, 0.3) is 0 Å². The lowest BCUT2D eigenvalue weighted by atomic mass is 10.2. The van der Waals surface area contributed by atoms with Crippen LogP contribution in [0.5, 0.6) is 11.5 Å². The lowest BCUT2D eigenvalue weighted by molar-refractivity contribution is 0.482. The lowest BCUT2D eigenvalue weighted by Crippen LogP contribution is -1.89. The molecule has 0 saturated carbocycles. The van der Waals surface area contributed by atoms with E-state index >= 15 is 0 Å². The molecule has 0 saturated heterocycles. The van der Waals surface area contributed by atoms with E-state index in [1.165, 1.54) is 0 Å². The second-order valence-corrected chi connectivity index (χ2v) is 4.34. The van der Waals surface area contributed by atoms with Crippen LogP contribution < -0.4 is 4.74 Å². The largest absolute Gasteiger partial charge is 0.457 e. The molecule has 4 heteroatoms. The molecule has 0 fully saturated rings. The van der Waals surface area contributed by atoms with Gasteiger partial charge in [0.1, 0.15) is 11.5 Å². The molecular weight excluding hydrogens is 260 g/mol. The number of aromatic nitrogens is 2. The zero-order valence-electron chi connectivity index (χ0n) is 10.1. The molecule has 0 radical (unpaired) electrons. The molecular formula is C15H11ClN2O. The molecule has 2 heterocycles. The molecule has 0 spiro atoms. The van der Waals surface area contributed by atoms with Gasteiger partial charge in [-0.15, -0.1) is 11.6 Å². The number of hydrogen-bond donors (Lipinski definition) is 0. The minimum atomic E-state index is 0.372. The van der Waals surface area contributed by atoms with Crippen molar-refractivity contribution < 1.29 is 4.74 Å². The van der Waals surface area contributed by atoms with Gasteiger partial charge in [0.2, 0.25) is 0 Å². The van der Waals surface area contributed by atoms with Crippen molar-refractivity contribution in [2.24, 2.45) is 0 Å². The Morgan fingerprint density at radius 1 is 0.947 bits per heavy atom. The molecule has 0 aliphatic carbocycles. The van der Waals surface area contributed by atoms with Gasteiger partial charge in [-0.05, 0) is 24.3 Å². The minimum absolute atomic E-state index is 0.372. The Hall–Kier alpha value is -2.13. The molecule has 1 aromatic carbocycles. The van der Waals surface area contributed by atoms with Crippen LogP contribution in [0.3, 0.4) is 0 Å². The normalized spacial score (nSPS) is 10.6. The maximum Gasteiger partial charge on any atom is 0.130 e. The summed E-state index contributed by atoms with van der Waals surface area (Å²) in [4.78, 5) is 8.43. The van der Waals surface area contributed by atoms with Crippen LogP contribution in [0.2, 0.25) is 0 Å². The Kier molecular flexibility index (Phi) is 3.29. The standard InChI is InChI=1S/C15H11ClN2O/c16-10-12-8-14(5-7-17-12)19-13-4-3-11-2-1-6-18-15(11)9-13/h1-9H,10H2. The Labute approximate surface area is 115 Å². The average Bonchev–Trinajstić information content (AvgIpc) is 2.47. The monoisotopic (exact) mass is 270 g/mol. The van der Waals surface area contributed by atoms with E-state index in [4.69, 9.17) is 16.3 Å². The lowest BCUT2D eigenvalue weighted by Gasteiger charge is -2.07. The van der Waals surface area contributed by atoms with E-state index in [1.807, 2.05) is 36.4 Å². The van der Waals surface area contributed by atoms with Crippen molar-refractivity contribution in [1.29, 1.82) is 0 Å². The van der Waals surface area contributed by atoms with E-state index in [1.54, 1.807) is 18.5 Å². The fourth-order valence-corrected chi connectivity index (χ4v) is 1.98. The molecule has 94 valence electrons. The van der Waals surface area contributed by atoms with Crippen LogP contribution in [-0.4, -0.2) is 9.97 Å². The number of pyridine rings is 2. The maximum absolute atomic E-state index is 5.79. The number of rotatable bonds is 3. The molecule has 0 amide bonds. The van der Waals surface area contributed by atoms with Crippen LogP contribution in [0.4, 0.5) is 0 Å². The van der Waals surface area contributed by atoms with Gasteiger partial charge >= 0.3 is 0 Å². The van der Waals surface area contributed by atoms with Crippen LogP contribution in [0, 0.1) is 0 Å². The Balaban J connectivity index is 1.92. The number of alkyl halides is 1. The van der Waals surface area contributed by atoms with Gasteiger partial charge < -0.3 is 4.74 Å². The second-order valence-electron chi connectivity index (χ2n) is 4.08. The smallest absolute Gasteiger partial charge is 0.130 e. The molecule has 0 aliphatic rings. The first-order chi connectivity index (χ1) is 9.35. The predicted molar refractivity (Wildman–Crippen MR) is 75.6 cm³/mol. The third-order valence-electron chi connectivity index (χ3n) is 2.74. The topological polar surface area (TPSA) is 35.0 Å². The molecule has 19 heavy (non-hydrogen) atoms. The third kappa shape index (κ3) is 2.66. The van der Waals surface area contributed by atoms with Gasteiger partial charge in [-0.25, -0.2) is 0 Å². The average molecular weight is 271 g/mol. The Bertz CT molecular complexity index is 715. The minimum Gasteiger partial charge on any atom is -0.457 e. The number of fused-ring (bicyclic) bond motifs is 1. The summed E-state index contributed by atoms with van der Waals surface area (Å²) in [5.41, 5.74) is 1.70. The third-order valence-corrected chi connectivity index (χ3v) is 3.01. The molecule has 0 N–H and O–H groups in total. The van der Waals surface area contributed by atoms with Gasteiger partial charge in [0.15, 0.2) is 0 Å². The van der Waals surface area contributed by atoms with Crippen molar-refractivity contribution in [3.63, 3.8) is 0 Å². The van der Waals surface area contributed by atoms with Crippen molar-refractivity contribution >= 4 is 22.5 Å². The Morgan fingerprint density at radius 3 is 2.74 bits per heavy atom. The first-order valence-corrected chi connectivity index (χ1v) is 6.42. The fraction of sp³-hybridized carbons (Fsp3) is 0.0667. The first-order valence-electron chi connectivity index (χ1n) is 5.89. The number of nitrogens with zero attached hydrogens (tertiary/aromatic N) is 2. The SMILES string of the molecule is ClCc1cc(Oc2ccc3cccnc3c2)ccn1. The van der Waals surface area contributed by atoms with Gasteiger partial charge in [0, 0.05) is 29.9 Å². The zero-order chi connectivity index (χ0) is 13.1. The van der Waals surface area contributed by atoms with E-state index in [0.717, 1.165) is 28.1 Å². The van der Waals surface area contributed by atoms with Crippen LogP contribution >= 0.6 is 11.6 Å². The summed E-state index contributed by atoms with van der Waals surface area (Å²) in [6.07, 6.45) is 3.45. The van der Waals surface area contributed by atoms with Crippen LogP contribution in [0.15, 0.2) is 54.9 Å². The Morgan fingerprint density at radius 2 is 1.84 bits per heavy atom. The van der Waals surface area contributed by atoms with E-state index < -0.39 is 0 Å². The van der Waals surface area contributed by atoms with Crippen LogP contribution in [-0.2, 0) is 5.88 Å². The summed E-state index contributed by atoms with van der Waals surface area (Å²) in [7, 11) is 0. The zero-order valence-corrected chi connectivity index (χ0v) is 10.8. The van der Waals surface area contributed by atoms with E-state index in [9.17, 15) is 0 Å². The quantitative estimate of drug-likeness (QED) is 0.670. The van der Waals surface area contributed by atoms with E-state index in [-0.39, 0.29) is 0 Å². The highest BCUT2D eigenvalue weighted by atomic mass is 35.5. The van der Waals surface area contributed by atoms with Gasteiger partial charge in [-0.1, -0.05) is 6.07 Å². The molecule has 3 nitrogen and oxygen atoms in total. The summed E-state index contributed by atoms with van der Waals surface area (Å²) in [6, 6.07) is 13.4.